The van der Waals surface area contributed by atoms with E-state index in [0.29, 0.717) is 21.9 Å². The van der Waals surface area contributed by atoms with Gasteiger partial charge < -0.3 is 0 Å². The van der Waals surface area contributed by atoms with Gasteiger partial charge in [-0.1, -0.05) is 0 Å². The summed E-state index contributed by atoms with van der Waals surface area (Å²) >= 11 is 2.70. The Morgan fingerprint density at radius 2 is 1.79 bits per heavy atom. The number of fused-ring (bicyclic) bond motifs is 1. The Morgan fingerprint density at radius 3 is 2.54 bits per heavy atom. The second kappa shape index (κ2) is 6.83. The molecule has 0 fully saturated rings. The second-order valence-electron chi connectivity index (χ2n) is 5.24. The van der Waals surface area contributed by atoms with Crippen LogP contribution >= 0.6 is 15.9 Å². The van der Waals surface area contributed by atoms with E-state index in [1.165, 1.54) is 12.1 Å². The van der Waals surface area contributed by atoms with Gasteiger partial charge in [-0.25, -0.2) is 0 Å². The number of nitrogens with one attached hydrogen (secondary N) is 1. The van der Waals surface area contributed by atoms with Crippen LogP contribution in [0.25, 0.3) is 5.57 Å². The molecule has 0 aromatic heterocycles. The van der Waals surface area contributed by atoms with Crippen molar-refractivity contribution >= 4 is 49.1 Å². The van der Waals surface area contributed by atoms with Crippen molar-refractivity contribution in [2.75, 3.05) is 0 Å². The standard InChI is InChI=1S/C17H13AsBrNO4/c19-10-2-3-11-12(6-10)13(17(24)20-16(11)23)8-18-7-9-1-4-14(21)15(22)5-9/h1-6,8,18,21-22H,7H2,(H,20,23,24)/b13-8-. The second-order valence-corrected chi connectivity index (χ2v) is 8.35. The zero-order valence-corrected chi connectivity index (χ0v) is 16.0. The van der Waals surface area contributed by atoms with E-state index in [-0.39, 0.29) is 23.3 Å². The van der Waals surface area contributed by atoms with Crippen LogP contribution in [0.3, 0.4) is 0 Å². The number of phenolic OH excluding ortho intramolecular Hbond substituents is 2. The molecule has 3 rings (SSSR count). The third-order valence-corrected chi connectivity index (χ3v) is 6.39. The Hall–Kier alpha value is -2.04. The van der Waals surface area contributed by atoms with Crippen LogP contribution in [0.5, 0.6) is 11.5 Å². The van der Waals surface area contributed by atoms with Crippen LogP contribution in [0, 0.1) is 0 Å². The topological polar surface area (TPSA) is 86.6 Å². The van der Waals surface area contributed by atoms with Crippen LogP contribution in [-0.2, 0) is 10.0 Å². The van der Waals surface area contributed by atoms with Gasteiger partial charge in [-0.05, 0) is 0 Å². The number of carbonyl (C=O) groups is 2. The molecule has 2 amide bonds. The molecule has 0 bridgehead atoms. The summed E-state index contributed by atoms with van der Waals surface area (Å²) in [6.45, 7) is 0. The van der Waals surface area contributed by atoms with Gasteiger partial charge in [0.1, 0.15) is 0 Å². The van der Waals surface area contributed by atoms with E-state index >= 15 is 0 Å². The molecule has 122 valence electrons. The van der Waals surface area contributed by atoms with E-state index in [1.54, 1.807) is 24.3 Å². The van der Waals surface area contributed by atoms with E-state index in [1.807, 2.05) is 4.86 Å². The van der Waals surface area contributed by atoms with Gasteiger partial charge >= 0.3 is 153 Å². The van der Waals surface area contributed by atoms with Crippen molar-refractivity contribution in [1.82, 2.24) is 5.32 Å². The molecule has 0 spiro atoms. The fourth-order valence-electron chi connectivity index (χ4n) is 2.39. The summed E-state index contributed by atoms with van der Waals surface area (Å²) in [6, 6.07) is 9.94. The predicted molar refractivity (Wildman–Crippen MR) is 95.2 cm³/mol. The first-order valence-corrected chi connectivity index (χ1v) is 10.5. The van der Waals surface area contributed by atoms with Gasteiger partial charge in [0.15, 0.2) is 0 Å². The minimum absolute atomic E-state index is 0.151. The van der Waals surface area contributed by atoms with E-state index < -0.39 is 15.8 Å². The third-order valence-electron chi connectivity index (χ3n) is 3.58. The molecule has 0 radical (unpaired) electrons. The molecule has 3 N–H and O–H groups in total. The fourth-order valence-corrected chi connectivity index (χ4v) is 4.95. The number of imide groups is 1. The Bertz CT molecular complexity index is 879. The number of aromatic hydroxyl groups is 2. The van der Waals surface area contributed by atoms with Crippen LogP contribution < -0.4 is 5.32 Å². The van der Waals surface area contributed by atoms with Gasteiger partial charge in [0.25, 0.3) is 0 Å². The van der Waals surface area contributed by atoms with Crippen molar-refractivity contribution in [3.63, 3.8) is 0 Å². The summed E-state index contributed by atoms with van der Waals surface area (Å²) in [5, 5.41) is 21.9. The van der Waals surface area contributed by atoms with Crippen LogP contribution in [0.4, 0.5) is 0 Å². The first-order chi connectivity index (χ1) is 11.5. The van der Waals surface area contributed by atoms with E-state index in [9.17, 15) is 19.8 Å². The molecule has 0 aliphatic carbocycles. The summed E-state index contributed by atoms with van der Waals surface area (Å²) in [6.07, 6.45) is 0. The number of rotatable bonds is 3. The van der Waals surface area contributed by atoms with Crippen molar-refractivity contribution in [1.29, 1.82) is 0 Å². The number of halogens is 1. The van der Waals surface area contributed by atoms with Crippen LogP contribution in [-0.4, -0.2) is 37.8 Å². The van der Waals surface area contributed by atoms with Crippen molar-refractivity contribution < 1.29 is 19.8 Å². The Balaban J connectivity index is 1.85. The average Bonchev–Trinajstić information content (AvgIpc) is 2.53. The Morgan fingerprint density at radius 1 is 1.00 bits per heavy atom. The fraction of sp³-hybridized carbons (Fsp3) is 0.0588. The van der Waals surface area contributed by atoms with Gasteiger partial charge in [-0.3, -0.25) is 0 Å². The van der Waals surface area contributed by atoms with Crippen LogP contribution in [0.1, 0.15) is 21.5 Å². The number of carbonyl (C=O) groups excluding carboxylic acids is 2. The maximum absolute atomic E-state index is 12.2. The summed E-state index contributed by atoms with van der Waals surface area (Å²) in [7, 11) is 0. The molecular weight excluding hydrogens is 437 g/mol. The molecule has 1 aliphatic heterocycles. The van der Waals surface area contributed by atoms with E-state index in [2.05, 4.69) is 21.2 Å². The van der Waals surface area contributed by atoms with Crippen molar-refractivity contribution in [3.05, 3.63) is 62.4 Å². The van der Waals surface area contributed by atoms with E-state index in [4.69, 9.17) is 0 Å². The summed E-state index contributed by atoms with van der Waals surface area (Å²) < 4.78 is 0.804. The van der Waals surface area contributed by atoms with Gasteiger partial charge in [-0.15, -0.1) is 0 Å². The molecule has 1 aliphatic rings. The van der Waals surface area contributed by atoms with Gasteiger partial charge in [0, 0.05) is 0 Å². The number of amides is 2. The van der Waals surface area contributed by atoms with E-state index in [0.717, 1.165) is 10.0 Å². The molecule has 0 saturated heterocycles. The Kier molecular flexibility index (Phi) is 4.78. The van der Waals surface area contributed by atoms with Crippen molar-refractivity contribution in [3.8, 4) is 11.5 Å². The SMILES string of the molecule is O=C1NC(=O)c2ccc(Br)cc2/C1=C/[AsH]Cc1ccc(O)c(O)c1. The number of hydrogen-bond acceptors (Lipinski definition) is 4. The minimum atomic E-state index is -0.668. The number of benzene rings is 2. The molecule has 1 atom stereocenters. The predicted octanol–water partition coefficient (Wildman–Crippen LogP) is 2.11. The summed E-state index contributed by atoms with van der Waals surface area (Å²) in [5.74, 6) is -1.07. The van der Waals surface area contributed by atoms with Crippen LogP contribution in [0.2, 0.25) is 0 Å². The first kappa shape index (κ1) is 16.8. The number of hydrogen-bond donors (Lipinski definition) is 3. The molecular formula is C17H13AsBrNO4. The normalized spacial score (nSPS) is 15.8. The molecule has 2 aromatic carbocycles. The van der Waals surface area contributed by atoms with Crippen molar-refractivity contribution in [2.45, 2.75) is 5.21 Å². The zero-order valence-electron chi connectivity index (χ0n) is 12.3. The Labute approximate surface area is 153 Å². The molecule has 1 unspecified atom stereocenters. The molecule has 1 heterocycles. The monoisotopic (exact) mass is 449 g/mol. The van der Waals surface area contributed by atoms with Gasteiger partial charge in [0.2, 0.25) is 0 Å². The first-order valence-electron chi connectivity index (χ1n) is 7.05. The third kappa shape index (κ3) is 3.40. The molecule has 2 aromatic rings. The maximum atomic E-state index is 12.2. The quantitative estimate of drug-likeness (QED) is 0.290. The number of phenols is 2. The van der Waals surface area contributed by atoms with Crippen molar-refractivity contribution in [2.24, 2.45) is 0 Å². The summed E-state index contributed by atoms with van der Waals surface area (Å²) in [4.78, 5) is 26.0. The zero-order chi connectivity index (χ0) is 17.3. The van der Waals surface area contributed by atoms with Gasteiger partial charge in [0.05, 0.1) is 0 Å². The molecule has 0 saturated carbocycles. The molecule has 24 heavy (non-hydrogen) atoms. The molecule has 5 nitrogen and oxygen atoms in total. The average molecular weight is 450 g/mol. The summed E-state index contributed by atoms with van der Waals surface area (Å²) in [5.41, 5.74) is 2.52. The molecule has 7 heteroatoms. The van der Waals surface area contributed by atoms with Crippen LogP contribution in [0.15, 0.2) is 45.7 Å². The van der Waals surface area contributed by atoms with Gasteiger partial charge in [-0.2, -0.15) is 0 Å².